The van der Waals surface area contributed by atoms with E-state index in [2.05, 4.69) is 0 Å². The van der Waals surface area contributed by atoms with Crippen LogP contribution in [0.4, 0.5) is 4.39 Å². The van der Waals surface area contributed by atoms with Crippen molar-refractivity contribution < 1.29 is 19.0 Å². The molecule has 1 aromatic heterocycles. The molecule has 1 aliphatic heterocycles. The maximum atomic E-state index is 13.3. The third-order valence-electron chi connectivity index (χ3n) is 3.29. The molecule has 0 aliphatic carbocycles. The van der Waals surface area contributed by atoms with Gasteiger partial charge in [-0.3, -0.25) is 0 Å². The Morgan fingerprint density at radius 1 is 1.39 bits per heavy atom. The van der Waals surface area contributed by atoms with Crippen molar-refractivity contribution in [3.05, 3.63) is 35.3 Å². The molecule has 2 aromatic rings. The number of halogens is 1. The molecule has 0 amide bonds. The lowest BCUT2D eigenvalue weighted by Crippen LogP contribution is -2.06. The molecule has 0 spiro atoms. The number of hydrogen-bond acceptors (Lipinski definition) is 2. The maximum Gasteiger partial charge on any atom is 0.338 e. The molecule has 94 valence electrons. The number of aromatic carboxylic acids is 1. The molecule has 2 heterocycles. The lowest BCUT2D eigenvalue weighted by Gasteiger charge is -2.05. The van der Waals surface area contributed by atoms with Gasteiger partial charge in [0, 0.05) is 29.6 Å². The van der Waals surface area contributed by atoms with Gasteiger partial charge >= 0.3 is 5.97 Å². The first-order valence-corrected chi connectivity index (χ1v) is 5.80. The van der Waals surface area contributed by atoms with Gasteiger partial charge in [-0.1, -0.05) is 0 Å². The van der Waals surface area contributed by atoms with Crippen LogP contribution in [0.25, 0.3) is 10.9 Å². The molecule has 5 heteroatoms. The number of rotatable bonds is 1. The predicted molar refractivity (Wildman–Crippen MR) is 63.4 cm³/mol. The van der Waals surface area contributed by atoms with E-state index < -0.39 is 11.8 Å². The highest BCUT2D eigenvalue weighted by atomic mass is 19.1. The summed E-state index contributed by atoms with van der Waals surface area (Å²) in [5.74, 6) is -1.43. The van der Waals surface area contributed by atoms with Crippen molar-refractivity contribution in [3.8, 4) is 0 Å². The fourth-order valence-electron chi connectivity index (χ4n) is 2.56. The van der Waals surface area contributed by atoms with Crippen molar-refractivity contribution in [3.63, 3.8) is 0 Å². The zero-order valence-corrected chi connectivity index (χ0v) is 9.65. The molecule has 0 saturated carbocycles. The highest BCUT2D eigenvalue weighted by Gasteiger charge is 2.23. The van der Waals surface area contributed by atoms with Crippen LogP contribution >= 0.6 is 0 Å². The number of carboxylic acid groups (broad SMARTS) is 1. The summed E-state index contributed by atoms with van der Waals surface area (Å²) < 4.78 is 20.6. The zero-order chi connectivity index (χ0) is 12.7. The summed E-state index contributed by atoms with van der Waals surface area (Å²) in [6.45, 7) is 1.65. The second-order valence-electron chi connectivity index (χ2n) is 4.30. The fourth-order valence-corrected chi connectivity index (χ4v) is 2.56. The van der Waals surface area contributed by atoms with Crippen molar-refractivity contribution in [2.75, 3.05) is 13.2 Å². The molecule has 3 rings (SSSR count). The average molecular weight is 249 g/mol. The molecular formula is C13H12FNO3. The average Bonchev–Trinajstić information content (AvgIpc) is 2.48. The van der Waals surface area contributed by atoms with E-state index in [1.807, 2.05) is 4.57 Å². The van der Waals surface area contributed by atoms with Crippen molar-refractivity contribution in [1.82, 2.24) is 4.57 Å². The van der Waals surface area contributed by atoms with Gasteiger partial charge in [0.15, 0.2) is 0 Å². The van der Waals surface area contributed by atoms with Crippen molar-refractivity contribution in [2.24, 2.45) is 0 Å². The summed E-state index contributed by atoms with van der Waals surface area (Å²) in [6, 6.07) is 4.28. The van der Waals surface area contributed by atoms with Crippen LogP contribution in [0, 0.1) is 5.82 Å². The Morgan fingerprint density at radius 3 is 3.00 bits per heavy atom. The Labute approximate surface area is 103 Å². The van der Waals surface area contributed by atoms with E-state index in [9.17, 15) is 14.3 Å². The van der Waals surface area contributed by atoms with Gasteiger partial charge in [0.25, 0.3) is 0 Å². The van der Waals surface area contributed by atoms with Gasteiger partial charge in [-0.15, -0.1) is 0 Å². The van der Waals surface area contributed by atoms with Crippen LogP contribution in [0.2, 0.25) is 0 Å². The molecule has 1 N–H and O–H groups in total. The molecule has 18 heavy (non-hydrogen) atoms. The van der Waals surface area contributed by atoms with Crippen LogP contribution < -0.4 is 0 Å². The Bertz CT molecular complexity index is 633. The molecule has 0 fully saturated rings. The summed E-state index contributed by atoms with van der Waals surface area (Å²) in [6.07, 6.45) is 0.540. The predicted octanol–water partition coefficient (Wildman–Crippen LogP) is 2.05. The third-order valence-corrected chi connectivity index (χ3v) is 3.29. The lowest BCUT2D eigenvalue weighted by molar-refractivity contribution is 0.0697. The molecule has 4 nitrogen and oxygen atoms in total. The number of ether oxygens (including phenoxy) is 1. The van der Waals surface area contributed by atoms with Gasteiger partial charge in [0.2, 0.25) is 0 Å². The number of fused-ring (bicyclic) bond motifs is 3. The first-order valence-electron chi connectivity index (χ1n) is 5.80. The SMILES string of the molecule is O=C(O)c1c2n(c3ccc(F)cc13)CCOCC2. The summed E-state index contributed by atoms with van der Waals surface area (Å²) in [7, 11) is 0. The largest absolute Gasteiger partial charge is 0.478 e. The maximum absolute atomic E-state index is 13.3. The molecule has 0 radical (unpaired) electrons. The Kier molecular flexibility index (Phi) is 2.56. The topological polar surface area (TPSA) is 51.5 Å². The number of hydrogen-bond donors (Lipinski definition) is 1. The zero-order valence-electron chi connectivity index (χ0n) is 9.65. The third kappa shape index (κ3) is 1.59. The molecule has 0 saturated heterocycles. The summed E-state index contributed by atoms with van der Waals surface area (Å²) in [4.78, 5) is 11.4. The quantitative estimate of drug-likeness (QED) is 0.841. The van der Waals surface area contributed by atoms with Crippen LogP contribution in [0.3, 0.4) is 0 Å². The second-order valence-corrected chi connectivity index (χ2v) is 4.30. The molecular weight excluding hydrogens is 237 g/mol. The van der Waals surface area contributed by atoms with Gasteiger partial charge in [-0.05, 0) is 18.2 Å². The van der Waals surface area contributed by atoms with Gasteiger partial charge < -0.3 is 14.4 Å². The molecule has 1 aliphatic rings. The van der Waals surface area contributed by atoms with E-state index in [1.54, 1.807) is 6.07 Å². The smallest absolute Gasteiger partial charge is 0.338 e. The monoisotopic (exact) mass is 249 g/mol. The minimum Gasteiger partial charge on any atom is -0.478 e. The van der Waals surface area contributed by atoms with E-state index in [0.29, 0.717) is 31.6 Å². The second kappa shape index (κ2) is 4.10. The van der Waals surface area contributed by atoms with Crippen molar-refractivity contribution in [2.45, 2.75) is 13.0 Å². The van der Waals surface area contributed by atoms with Gasteiger partial charge in [0.05, 0.1) is 18.8 Å². The van der Waals surface area contributed by atoms with Crippen LogP contribution in [0.5, 0.6) is 0 Å². The minimum atomic E-state index is -1.01. The minimum absolute atomic E-state index is 0.204. The van der Waals surface area contributed by atoms with Crippen LogP contribution in [0.15, 0.2) is 18.2 Å². The number of aromatic nitrogens is 1. The first kappa shape index (κ1) is 11.2. The standard InChI is InChI=1S/C13H12FNO3/c14-8-1-2-10-9(7-8)12(13(16)17)11-3-5-18-6-4-15(10)11/h1-2,7H,3-6H2,(H,16,17). The molecule has 0 unspecified atom stereocenters. The first-order chi connectivity index (χ1) is 8.68. The summed E-state index contributed by atoms with van der Waals surface area (Å²) in [5.41, 5.74) is 1.69. The number of carbonyl (C=O) groups is 1. The lowest BCUT2D eigenvalue weighted by atomic mass is 10.1. The van der Waals surface area contributed by atoms with Gasteiger partial charge in [-0.25, -0.2) is 9.18 Å². The number of carboxylic acids is 1. The highest BCUT2D eigenvalue weighted by molar-refractivity contribution is 6.05. The van der Waals surface area contributed by atoms with E-state index in [1.165, 1.54) is 12.1 Å². The van der Waals surface area contributed by atoms with Gasteiger partial charge in [-0.2, -0.15) is 0 Å². The van der Waals surface area contributed by atoms with Crippen LogP contribution in [0.1, 0.15) is 16.1 Å². The Balaban J connectivity index is 2.37. The number of nitrogens with zero attached hydrogens (tertiary/aromatic N) is 1. The van der Waals surface area contributed by atoms with E-state index >= 15 is 0 Å². The van der Waals surface area contributed by atoms with E-state index in [4.69, 9.17) is 4.74 Å². The summed E-state index contributed by atoms with van der Waals surface area (Å²) >= 11 is 0. The highest BCUT2D eigenvalue weighted by Crippen LogP contribution is 2.28. The van der Waals surface area contributed by atoms with Crippen LogP contribution in [-0.4, -0.2) is 28.9 Å². The van der Waals surface area contributed by atoms with E-state index in [-0.39, 0.29) is 5.56 Å². The Hall–Kier alpha value is -1.88. The summed E-state index contributed by atoms with van der Waals surface area (Å²) in [5, 5.41) is 9.81. The number of benzene rings is 1. The van der Waals surface area contributed by atoms with Crippen LogP contribution in [-0.2, 0) is 17.7 Å². The normalized spacial score (nSPS) is 15.4. The van der Waals surface area contributed by atoms with Gasteiger partial charge in [0.1, 0.15) is 5.82 Å². The molecule has 0 atom stereocenters. The van der Waals surface area contributed by atoms with Crippen molar-refractivity contribution in [1.29, 1.82) is 0 Å². The Morgan fingerprint density at radius 2 is 2.22 bits per heavy atom. The molecule has 0 bridgehead atoms. The van der Waals surface area contributed by atoms with Crippen molar-refractivity contribution >= 4 is 16.9 Å². The van der Waals surface area contributed by atoms with E-state index in [0.717, 1.165) is 11.2 Å². The molecule has 1 aromatic carbocycles. The fraction of sp³-hybridized carbons (Fsp3) is 0.308.